The summed E-state index contributed by atoms with van der Waals surface area (Å²) in [4.78, 5) is 7.51. The summed E-state index contributed by atoms with van der Waals surface area (Å²) in [7, 11) is 0. The van der Waals surface area contributed by atoms with E-state index in [2.05, 4.69) is 75.5 Å². The first kappa shape index (κ1) is 13.6. The van der Waals surface area contributed by atoms with E-state index in [1.165, 1.54) is 22.3 Å². The van der Waals surface area contributed by atoms with Gasteiger partial charge in [0.1, 0.15) is 0 Å². The zero-order valence-corrected chi connectivity index (χ0v) is 12.6. The molecule has 0 spiro atoms. The molecule has 23 heavy (non-hydrogen) atoms. The van der Waals surface area contributed by atoms with Gasteiger partial charge in [0.05, 0.1) is 12.4 Å². The van der Waals surface area contributed by atoms with Crippen LogP contribution in [0.15, 0.2) is 91.8 Å². The van der Waals surface area contributed by atoms with Crippen molar-refractivity contribution in [3.63, 3.8) is 0 Å². The highest BCUT2D eigenvalue weighted by Crippen LogP contribution is 2.34. The van der Waals surface area contributed by atoms with Crippen LogP contribution in [0.1, 0.15) is 17.2 Å². The Morgan fingerprint density at radius 1 is 0.870 bits per heavy atom. The molecule has 3 heteroatoms. The third kappa shape index (κ3) is 2.57. The fraction of sp³-hybridized carbons (Fsp3) is 0.0500. The molecule has 0 saturated heterocycles. The van der Waals surface area contributed by atoms with Gasteiger partial charge in [-0.1, -0.05) is 60.7 Å². The number of nitrogens with one attached hydrogen (secondary N) is 1. The van der Waals surface area contributed by atoms with Gasteiger partial charge in [-0.25, -0.2) is 4.98 Å². The second kappa shape index (κ2) is 5.97. The van der Waals surface area contributed by atoms with Gasteiger partial charge in [-0.3, -0.25) is 0 Å². The van der Waals surface area contributed by atoms with E-state index in [4.69, 9.17) is 0 Å². The van der Waals surface area contributed by atoms with E-state index in [9.17, 15) is 0 Å². The van der Waals surface area contributed by atoms with E-state index in [1.807, 2.05) is 30.9 Å². The lowest BCUT2D eigenvalue weighted by atomic mass is 9.94. The van der Waals surface area contributed by atoms with Gasteiger partial charge in [0, 0.05) is 35.9 Å². The van der Waals surface area contributed by atoms with Crippen molar-refractivity contribution in [2.45, 2.75) is 6.04 Å². The molecule has 0 aliphatic rings. The lowest BCUT2D eigenvalue weighted by molar-refractivity contribution is 0.679. The number of hydrogen-bond donors (Lipinski definition) is 1. The first-order valence-electron chi connectivity index (χ1n) is 7.68. The molecule has 4 rings (SSSR count). The van der Waals surface area contributed by atoms with Crippen molar-refractivity contribution in [1.29, 1.82) is 0 Å². The molecule has 0 unspecified atom stereocenters. The van der Waals surface area contributed by atoms with Crippen molar-refractivity contribution < 1.29 is 0 Å². The molecule has 1 atom stereocenters. The normalized spacial score (nSPS) is 12.2. The lowest BCUT2D eigenvalue weighted by Gasteiger charge is -2.20. The molecular weight excluding hydrogens is 282 g/mol. The van der Waals surface area contributed by atoms with Crippen LogP contribution in [0.4, 0.5) is 0 Å². The summed E-state index contributed by atoms with van der Waals surface area (Å²) in [5.41, 5.74) is 4.90. The van der Waals surface area contributed by atoms with Crippen molar-refractivity contribution in [3.8, 4) is 11.1 Å². The average molecular weight is 299 g/mol. The molecule has 0 radical (unpaired) electrons. The van der Waals surface area contributed by atoms with Gasteiger partial charge in [-0.2, -0.15) is 0 Å². The van der Waals surface area contributed by atoms with E-state index >= 15 is 0 Å². The van der Waals surface area contributed by atoms with Crippen molar-refractivity contribution in [2.24, 2.45) is 0 Å². The third-order valence-electron chi connectivity index (χ3n) is 4.10. The van der Waals surface area contributed by atoms with E-state index in [0.29, 0.717) is 0 Å². The SMILES string of the molecule is c1ccc(-c2c[nH]cc2[C@H](c2ccccc2)n2ccnc2)cc1. The Balaban J connectivity index is 1.88. The fourth-order valence-corrected chi connectivity index (χ4v) is 3.04. The Bertz CT molecular complexity index is 862. The third-order valence-corrected chi connectivity index (χ3v) is 4.10. The minimum Gasteiger partial charge on any atom is -0.367 e. The van der Waals surface area contributed by atoms with E-state index in [1.54, 1.807) is 0 Å². The van der Waals surface area contributed by atoms with Crippen LogP contribution in [0.3, 0.4) is 0 Å². The van der Waals surface area contributed by atoms with Crippen LogP contribution < -0.4 is 0 Å². The van der Waals surface area contributed by atoms with Gasteiger partial charge in [0.25, 0.3) is 0 Å². The molecule has 0 bridgehead atoms. The predicted molar refractivity (Wildman–Crippen MR) is 92.1 cm³/mol. The highest BCUT2D eigenvalue weighted by Gasteiger charge is 2.20. The van der Waals surface area contributed by atoms with Crippen LogP contribution in [-0.2, 0) is 0 Å². The van der Waals surface area contributed by atoms with E-state index < -0.39 is 0 Å². The second-order valence-electron chi connectivity index (χ2n) is 5.51. The minimum atomic E-state index is 0.0974. The van der Waals surface area contributed by atoms with Gasteiger partial charge >= 0.3 is 0 Å². The molecule has 4 aromatic rings. The van der Waals surface area contributed by atoms with Crippen molar-refractivity contribution in [1.82, 2.24) is 14.5 Å². The molecule has 0 aliphatic heterocycles. The minimum absolute atomic E-state index is 0.0974. The van der Waals surface area contributed by atoms with Gasteiger partial charge < -0.3 is 9.55 Å². The van der Waals surface area contributed by atoms with Gasteiger partial charge in [-0.15, -0.1) is 0 Å². The Kier molecular flexibility index (Phi) is 3.53. The number of H-pyrrole nitrogens is 1. The summed E-state index contributed by atoms with van der Waals surface area (Å²) in [6.07, 6.45) is 9.86. The Hall–Kier alpha value is -3.07. The molecule has 2 aromatic heterocycles. The van der Waals surface area contributed by atoms with Crippen LogP contribution in [0.2, 0.25) is 0 Å². The Morgan fingerprint density at radius 3 is 2.30 bits per heavy atom. The van der Waals surface area contributed by atoms with Crippen LogP contribution in [0.25, 0.3) is 11.1 Å². The summed E-state index contributed by atoms with van der Waals surface area (Å²) in [6.45, 7) is 0. The first-order chi connectivity index (χ1) is 11.4. The number of rotatable bonds is 4. The molecule has 1 N–H and O–H groups in total. The van der Waals surface area contributed by atoms with E-state index in [-0.39, 0.29) is 6.04 Å². The second-order valence-corrected chi connectivity index (χ2v) is 5.51. The number of aromatic amines is 1. The summed E-state index contributed by atoms with van der Waals surface area (Å²) in [6, 6.07) is 21.1. The van der Waals surface area contributed by atoms with Crippen LogP contribution in [0, 0.1) is 0 Å². The first-order valence-corrected chi connectivity index (χ1v) is 7.68. The average Bonchev–Trinajstić information content (AvgIpc) is 3.30. The van der Waals surface area contributed by atoms with Gasteiger partial charge in [0.15, 0.2) is 0 Å². The van der Waals surface area contributed by atoms with Gasteiger partial charge in [-0.05, 0) is 11.1 Å². The smallest absolute Gasteiger partial charge is 0.0954 e. The summed E-state index contributed by atoms with van der Waals surface area (Å²) < 4.78 is 2.14. The summed E-state index contributed by atoms with van der Waals surface area (Å²) >= 11 is 0. The number of imidazole rings is 1. The maximum absolute atomic E-state index is 4.23. The number of nitrogens with zero attached hydrogens (tertiary/aromatic N) is 2. The number of hydrogen-bond acceptors (Lipinski definition) is 1. The molecule has 0 fully saturated rings. The largest absolute Gasteiger partial charge is 0.367 e. The molecule has 112 valence electrons. The van der Waals surface area contributed by atoms with Crippen LogP contribution >= 0.6 is 0 Å². The Labute approximate surface area is 135 Å². The van der Waals surface area contributed by atoms with Gasteiger partial charge in [0.2, 0.25) is 0 Å². The topological polar surface area (TPSA) is 33.6 Å². The standard InChI is InChI=1S/C20H17N3/c1-3-7-16(8-4-1)18-13-22-14-19(18)20(23-12-11-21-15-23)17-9-5-2-6-10-17/h1-15,20,22H/t20-/m0/s1. The number of benzene rings is 2. The summed E-state index contributed by atoms with van der Waals surface area (Å²) in [5, 5.41) is 0. The fourth-order valence-electron chi connectivity index (χ4n) is 3.04. The molecule has 0 amide bonds. The molecule has 2 heterocycles. The quantitative estimate of drug-likeness (QED) is 0.591. The lowest BCUT2D eigenvalue weighted by Crippen LogP contribution is -2.10. The predicted octanol–water partition coefficient (Wildman–Crippen LogP) is 4.52. The zero-order valence-electron chi connectivity index (χ0n) is 12.6. The summed E-state index contributed by atoms with van der Waals surface area (Å²) in [5.74, 6) is 0. The van der Waals surface area contributed by atoms with Crippen molar-refractivity contribution in [3.05, 3.63) is 103 Å². The Morgan fingerprint density at radius 2 is 1.61 bits per heavy atom. The molecule has 2 aromatic carbocycles. The molecule has 0 saturated carbocycles. The maximum Gasteiger partial charge on any atom is 0.0954 e. The maximum atomic E-state index is 4.23. The highest BCUT2D eigenvalue weighted by atomic mass is 15.1. The van der Waals surface area contributed by atoms with Crippen molar-refractivity contribution >= 4 is 0 Å². The van der Waals surface area contributed by atoms with E-state index in [0.717, 1.165) is 0 Å². The number of aromatic nitrogens is 3. The van der Waals surface area contributed by atoms with Crippen molar-refractivity contribution in [2.75, 3.05) is 0 Å². The van der Waals surface area contributed by atoms with Crippen LogP contribution in [0.5, 0.6) is 0 Å². The highest BCUT2D eigenvalue weighted by molar-refractivity contribution is 5.68. The molecule has 0 aliphatic carbocycles. The molecular formula is C20H17N3. The zero-order chi connectivity index (χ0) is 15.5. The molecule has 3 nitrogen and oxygen atoms in total. The monoisotopic (exact) mass is 299 g/mol. The van der Waals surface area contributed by atoms with Crippen LogP contribution in [-0.4, -0.2) is 14.5 Å².